The van der Waals surface area contributed by atoms with Crippen molar-refractivity contribution in [1.29, 1.82) is 0 Å². The Morgan fingerprint density at radius 1 is 1.32 bits per heavy atom. The molecule has 0 spiro atoms. The lowest BCUT2D eigenvalue weighted by Gasteiger charge is -2.08. The van der Waals surface area contributed by atoms with E-state index in [-0.39, 0.29) is 6.61 Å². The summed E-state index contributed by atoms with van der Waals surface area (Å²) in [5.74, 6) is 1.36. The van der Waals surface area contributed by atoms with Crippen molar-refractivity contribution in [2.45, 2.75) is 26.9 Å². The van der Waals surface area contributed by atoms with Crippen LogP contribution in [0.1, 0.15) is 24.2 Å². The summed E-state index contributed by atoms with van der Waals surface area (Å²) in [6.07, 6.45) is 0.685. The molecule has 114 valence electrons. The SMILES string of the molecule is CCc1noc(COc2cc3oc(=O)cc(C)c3cc2Cl)n1. The third-order valence-corrected chi connectivity index (χ3v) is 3.48. The summed E-state index contributed by atoms with van der Waals surface area (Å²) < 4.78 is 15.8. The minimum absolute atomic E-state index is 0.0915. The first-order valence-corrected chi connectivity index (χ1v) is 7.13. The van der Waals surface area contributed by atoms with Crippen LogP contribution in [0, 0.1) is 6.92 Å². The highest BCUT2D eigenvalue weighted by Crippen LogP contribution is 2.31. The zero-order valence-electron chi connectivity index (χ0n) is 12.1. The highest BCUT2D eigenvalue weighted by Gasteiger charge is 2.11. The Balaban J connectivity index is 1.90. The second-order valence-electron chi connectivity index (χ2n) is 4.77. The molecule has 0 amide bonds. The van der Waals surface area contributed by atoms with E-state index in [2.05, 4.69) is 10.1 Å². The van der Waals surface area contributed by atoms with Gasteiger partial charge in [-0.2, -0.15) is 4.98 Å². The molecule has 0 N–H and O–H groups in total. The molecule has 0 aliphatic heterocycles. The smallest absolute Gasteiger partial charge is 0.336 e. The third-order valence-electron chi connectivity index (χ3n) is 3.18. The van der Waals surface area contributed by atoms with Crippen LogP contribution in [-0.2, 0) is 13.0 Å². The quantitative estimate of drug-likeness (QED) is 0.686. The van der Waals surface area contributed by atoms with Crippen molar-refractivity contribution in [1.82, 2.24) is 10.1 Å². The molecule has 6 nitrogen and oxygen atoms in total. The summed E-state index contributed by atoms with van der Waals surface area (Å²) in [6.45, 7) is 3.84. The van der Waals surface area contributed by atoms with Crippen molar-refractivity contribution in [2.24, 2.45) is 0 Å². The lowest BCUT2D eigenvalue weighted by molar-refractivity contribution is 0.242. The van der Waals surface area contributed by atoms with Crippen LogP contribution in [-0.4, -0.2) is 10.1 Å². The summed E-state index contributed by atoms with van der Waals surface area (Å²) in [5.41, 5.74) is 0.802. The molecule has 1 aromatic carbocycles. The van der Waals surface area contributed by atoms with Crippen molar-refractivity contribution in [3.8, 4) is 5.75 Å². The Labute approximate surface area is 130 Å². The topological polar surface area (TPSA) is 78.4 Å². The molecule has 0 fully saturated rings. The molecule has 3 aromatic rings. The van der Waals surface area contributed by atoms with Crippen LogP contribution >= 0.6 is 11.6 Å². The number of benzene rings is 1. The number of hydrogen-bond acceptors (Lipinski definition) is 6. The Morgan fingerprint density at radius 2 is 2.14 bits per heavy atom. The molecule has 0 saturated carbocycles. The van der Waals surface area contributed by atoms with Gasteiger partial charge in [0.05, 0.1) is 5.02 Å². The van der Waals surface area contributed by atoms with Gasteiger partial charge in [-0.25, -0.2) is 4.79 Å². The Kier molecular flexibility index (Phi) is 3.85. The molecule has 2 heterocycles. The van der Waals surface area contributed by atoms with Gasteiger partial charge < -0.3 is 13.7 Å². The summed E-state index contributed by atoms with van der Waals surface area (Å²) >= 11 is 6.20. The first-order chi connectivity index (χ1) is 10.6. The number of hydrogen-bond donors (Lipinski definition) is 0. The number of ether oxygens (including phenoxy) is 1. The Hall–Kier alpha value is -2.34. The highest BCUT2D eigenvalue weighted by atomic mass is 35.5. The highest BCUT2D eigenvalue weighted by molar-refractivity contribution is 6.32. The molecular weight excluding hydrogens is 308 g/mol. The Bertz CT molecular complexity index is 885. The van der Waals surface area contributed by atoms with Crippen molar-refractivity contribution >= 4 is 22.6 Å². The molecular formula is C15H13ClN2O4. The maximum absolute atomic E-state index is 11.4. The van der Waals surface area contributed by atoms with Gasteiger partial charge in [-0.3, -0.25) is 0 Å². The molecule has 0 aliphatic rings. The van der Waals surface area contributed by atoms with Gasteiger partial charge >= 0.3 is 5.63 Å². The molecule has 22 heavy (non-hydrogen) atoms. The second kappa shape index (κ2) is 5.81. The van der Waals surface area contributed by atoms with Gasteiger partial charge in [0.15, 0.2) is 12.4 Å². The van der Waals surface area contributed by atoms with Crippen molar-refractivity contribution in [3.05, 3.63) is 50.9 Å². The molecule has 0 radical (unpaired) electrons. The minimum Gasteiger partial charge on any atom is -0.482 e. The zero-order chi connectivity index (χ0) is 15.7. The van der Waals surface area contributed by atoms with Crippen molar-refractivity contribution in [2.75, 3.05) is 0 Å². The van der Waals surface area contributed by atoms with Crippen molar-refractivity contribution in [3.63, 3.8) is 0 Å². The van der Waals surface area contributed by atoms with E-state index in [1.165, 1.54) is 6.07 Å². The predicted octanol–water partition coefficient (Wildman–Crippen LogP) is 3.28. The van der Waals surface area contributed by atoms with Gasteiger partial charge in [-0.05, 0) is 18.6 Å². The van der Waals surface area contributed by atoms with E-state index in [4.69, 9.17) is 25.3 Å². The maximum Gasteiger partial charge on any atom is 0.336 e. The molecule has 0 bridgehead atoms. The number of aromatic nitrogens is 2. The number of halogens is 1. The van der Waals surface area contributed by atoms with Crippen LogP contribution in [0.15, 0.2) is 31.9 Å². The zero-order valence-corrected chi connectivity index (χ0v) is 12.8. The normalized spacial score (nSPS) is 11.0. The first-order valence-electron chi connectivity index (χ1n) is 6.75. The van der Waals surface area contributed by atoms with E-state index in [1.807, 2.05) is 13.8 Å². The van der Waals surface area contributed by atoms with E-state index in [0.717, 1.165) is 10.9 Å². The lowest BCUT2D eigenvalue weighted by atomic mass is 10.1. The summed E-state index contributed by atoms with van der Waals surface area (Å²) in [7, 11) is 0. The average molecular weight is 321 g/mol. The van der Waals surface area contributed by atoms with E-state index in [9.17, 15) is 4.79 Å². The van der Waals surface area contributed by atoms with Crippen LogP contribution in [0.3, 0.4) is 0 Å². The number of aryl methyl sites for hydroxylation is 2. The molecule has 0 atom stereocenters. The fourth-order valence-electron chi connectivity index (χ4n) is 2.06. The summed E-state index contributed by atoms with van der Waals surface area (Å²) in [5, 5.41) is 4.97. The van der Waals surface area contributed by atoms with Crippen molar-refractivity contribution < 1.29 is 13.7 Å². The maximum atomic E-state index is 11.4. The number of nitrogens with zero attached hydrogens (tertiary/aromatic N) is 2. The minimum atomic E-state index is -0.414. The lowest BCUT2D eigenvalue weighted by Crippen LogP contribution is -2.00. The monoisotopic (exact) mass is 320 g/mol. The van der Waals surface area contributed by atoms with E-state index < -0.39 is 5.63 Å². The fraction of sp³-hybridized carbons (Fsp3) is 0.267. The molecule has 0 aliphatic carbocycles. The Morgan fingerprint density at radius 3 is 2.86 bits per heavy atom. The standard InChI is InChI=1S/C15H13ClN2O4/c1-3-13-17-14(22-18-13)7-20-12-6-11-9(5-10(12)16)8(2)4-15(19)21-11/h4-6H,3,7H2,1-2H3. The van der Waals surface area contributed by atoms with E-state index >= 15 is 0 Å². The van der Waals surface area contributed by atoms with Gasteiger partial charge in [0.2, 0.25) is 0 Å². The van der Waals surface area contributed by atoms with Gasteiger partial charge in [0.25, 0.3) is 5.89 Å². The predicted molar refractivity (Wildman–Crippen MR) is 80.2 cm³/mol. The number of rotatable bonds is 4. The van der Waals surface area contributed by atoms with Gasteiger partial charge in [-0.1, -0.05) is 23.7 Å². The van der Waals surface area contributed by atoms with Crippen LogP contribution in [0.4, 0.5) is 0 Å². The van der Waals surface area contributed by atoms with Crippen LogP contribution in [0.25, 0.3) is 11.0 Å². The molecule has 0 unspecified atom stereocenters. The average Bonchev–Trinajstić information content (AvgIpc) is 2.94. The fourth-order valence-corrected chi connectivity index (χ4v) is 2.28. The molecule has 7 heteroatoms. The van der Waals surface area contributed by atoms with Crippen LogP contribution < -0.4 is 10.4 Å². The first kappa shape index (κ1) is 14.6. The van der Waals surface area contributed by atoms with Gasteiger partial charge in [0, 0.05) is 23.9 Å². The van der Waals surface area contributed by atoms with E-state index in [0.29, 0.717) is 34.5 Å². The van der Waals surface area contributed by atoms with E-state index in [1.54, 1.807) is 12.1 Å². The van der Waals surface area contributed by atoms with Crippen LogP contribution in [0.5, 0.6) is 5.75 Å². The summed E-state index contributed by atoms with van der Waals surface area (Å²) in [6, 6.07) is 4.71. The second-order valence-corrected chi connectivity index (χ2v) is 5.18. The van der Waals surface area contributed by atoms with Crippen LogP contribution in [0.2, 0.25) is 5.02 Å². The largest absolute Gasteiger partial charge is 0.482 e. The van der Waals surface area contributed by atoms with Gasteiger partial charge in [-0.15, -0.1) is 0 Å². The summed E-state index contributed by atoms with van der Waals surface area (Å²) in [4.78, 5) is 15.6. The molecule has 3 rings (SSSR count). The third kappa shape index (κ3) is 2.82. The number of fused-ring (bicyclic) bond motifs is 1. The molecule has 0 saturated heterocycles. The molecule has 2 aromatic heterocycles. The van der Waals surface area contributed by atoms with Gasteiger partial charge in [0.1, 0.15) is 11.3 Å².